The van der Waals surface area contributed by atoms with Gasteiger partial charge in [0.2, 0.25) is 0 Å². The quantitative estimate of drug-likeness (QED) is 0.811. The summed E-state index contributed by atoms with van der Waals surface area (Å²) in [7, 11) is 1.66. The predicted octanol–water partition coefficient (Wildman–Crippen LogP) is 2.99. The van der Waals surface area contributed by atoms with Gasteiger partial charge in [-0.1, -0.05) is 6.07 Å². The van der Waals surface area contributed by atoms with Gasteiger partial charge in [-0.05, 0) is 40.5 Å². The zero-order chi connectivity index (χ0) is 9.68. The maximum atomic E-state index is 5.29. The van der Waals surface area contributed by atoms with Crippen LogP contribution >= 0.6 is 15.9 Å². The molecule has 0 N–H and O–H groups in total. The standard InChI is InChI=1S/C10H13BrO2/c1-3-13-7-8-4-5-9(11)10(6-8)12-2/h4-6H,3,7H2,1-2H3. The molecular formula is C10H13BrO2. The number of hydrogen-bond donors (Lipinski definition) is 0. The van der Waals surface area contributed by atoms with E-state index in [1.807, 2.05) is 25.1 Å². The lowest BCUT2D eigenvalue weighted by Gasteiger charge is -2.06. The molecular weight excluding hydrogens is 232 g/mol. The molecule has 72 valence electrons. The van der Waals surface area contributed by atoms with E-state index < -0.39 is 0 Å². The first-order valence-electron chi connectivity index (χ1n) is 4.18. The summed E-state index contributed by atoms with van der Waals surface area (Å²) in [4.78, 5) is 0. The van der Waals surface area contributed by atoms with Crippen LogP contribution in [0.5, 0.6) is 5.75 Å². The topological polar surface area (TPSA) is 18.5 Å². The molecule has 0 aromatic heterocycles. The van der Waals surface area contributed by atoms with Crippen LogP contribution in [0.25, 0.3) is 0 Å². The number of ether oxygens (including phenoxy) is 2. The molecule has 0 saturated heterocycles. The maximum Gasteiger partial charge on any atom is 0.133 e. The number of methoxy groups -OCH3 is 1. The second kappa shape index (κ2) is 5.25. The third kappa shape index (κ3) is 3.01. The Morgan fingerprint density at radius 3 is 2.77 bits per heavy atom. The predicted molar refractivity (Wildman–Crippen MR) is 56.0 cm³/mol. The van der Waals surface area contributed by atoms with Crippen molar-refractivity contribution in [3.63, 3.8) is 0 Å². The lowest BCUT2D eigenvalue weighted by molar-refractivity contribution is 0.134. The molecule has 0 bridgehead atoms. The summed E-state index contributed by atoms with van der Waals surface area (Å²) < 4.78 is 11.4. The summed E-state index contributed by atoms with van der Waals surface area (Å²) in [5.41, 5.74) is 1.13. The smallest absolute Gasteiger partial charge is 0.133 e. The Kier molecular flexibility index (Phi) is 4.25. The van der Waals surface area contributed by atoms with E-state index in [1.54, 1.807) is 7.11 Å². The molecule has 0 aliphatic carbocycles. The molecule has 0 spiro atoms. The van der Waals surface area contributed by atoms with Gasteiger partial charge in [0.15, 0.2) is 0 Å². The lowest BCUT2D eigenvalue weighted by Crippen LogP contribution is -1.93. The van der Waals surface area contributed by atoms with Crippen LogP contribution in [0.2, 0.25) is 0 Å². The van der Waals surface area contributed by atoms with Crippen LogP contribution in [-0.2, 0) is 11.3 Å². The Balaban J connectivity index is 2.74. The molecule has 0 saturated carbocycles. The summed E-state index contributed by atoms with van der Waals surface area (Å²) in [5.74, 6) is 0.845. The summed E-state index contributed by atoms with van der Waals surface area (Å²) in [6.07, 6.45) is 0. The van der Waals surface area contributed by atoms with E-state index in [-0.39, 0.29) is 0 Å². The molecule has 0 aliphatic heterocycles. The van der Waals surface area contributed by atoms with Crippen molar-refractivity contribution in [3.8, 4) is 5.75 Å². The van der Waals surface area contributed by atoms with E-state index >= 15 is 0 Å². The minimum atomic E-state index is 0.639. The van der Waals surface area contributed by atoms with Gasteiger partial charge < -0.3 is 9.47 Å². The van der Waals surface area contributed by atoms with Crippen molar-refractivity contribution in [2.24, 2.45) is 0 Å². The van der Waals surface area contributed by atoms with Gasteiger partial charge in [-0.2, -0.15) is 0 Å². The number of benzene rings is 1. The summed E-state index contributed by atoms with van der Waals surface area (Å²) in [5, 5.41) is 0. The van der Waals surface area contributed by atoms with Crippen LogP contribution in [0.1, 0.15) is 12.5 Å². The van der Waals surface area contributed by atoms with Crippen LogP contribution in [0.4, 0.5) is 0 Å². The highest BCUT2D eigenvalue weighted by Crippen LogP contribution is 2.25. The highest BCUT2D eigenvalue weighted by Gasteiger charge is 2.00. The second-order valence-electron chi connectivity index (χ2n) is 2.61. The number of halogens is 1. The van der Waals surface area contributed by atoms with Crippen molar-refractivity contribution >= 4 is 15.9 Å². The third-order valence-corrected chi connectivity index (χ3v) is 2.34. The number of hydrogen-bond acceptors (Lipinski definition) is 2. The molecule has 3 heteroatoms. The minimum absolute atomic E-state index is 0.639. The Bertz CT molecular complexity index is 274. The molecule has 0 radical (unpaired) electrons. The van der Waals surface area contributed by atoms with E-state index in [0.29, 0.717) is 6.61 Å². The summed E-state index contributed by atoms with van der Waals surface area (Å²) in [6, 6.07) is 5.95. The first-order valence-corrected chi connectivity index (χ1v) is 4.97. The summed E-state index contributed by atoms with van der Waals surface area (Å²) >= 11 is 3.39. The van der Waals surface area contributed by atoms with Crippen molar-refractivity contribution in [3.05, 3.63) is 28.2 Å². The van der Waals surface area contributed by atoms with Crippen molar-refractivity contribution < 1.29 is 9.47 Å². The van der Waals surface area contributed by atoms with Crippen LogP contribution in [-0.4, -0.2) is 13.7 Å². The monoisotopic (exact) mass is 244 g/mol. The zero-order valence-electron chi connectivity index (χ0n) is 7.84. The Hall–Kier alpha value is -0.540. The van der Waals surface area contributed by atoms with Crippen molar-refractivity contribution in [1.82, 2.24) is 0 Å². The highest BCUT2D eigenvalue weighted by molar-refractivity contribution is 9.10. The molecule has 0 amide bonds. The van der Waals surface area contributed by atoms with Crippen LogP contribution in [0.15, 0.2) is 22.7 Å². The SMILES string of the molecule is CCOCc1ccc(Br)c(OC)c1. The van der Waals surface area contributed by atoms with Crippen LogP contribution in [0, 0.1) is 0 Å². The third-order valence-electron chi connectivity index (χ3n) is 1.69. The van der Waals surface area contributed by atoms with E-state index in [1.165, 1.54) is 0 Å². The summed E-state index contributed by atoms with van der Waals surface area (Å²) in [6.45, 7) is 3.36. The minimum Gasteiger partial charge on any atom is -0.496 e. The van der Waals surface area contributed by atoms with Crippen molar-refractivity contribution in [1.29, 1.82) is 0 Å². The van der Waals surface area contributed by atoms with Gasteiger partial charge in [-0.3, -0.25) is 0 Å². The van der Waals surface area contributed by atoms with Gasteiger partial charge in [-0.15, -0.1) is 0 Å². The Morgan fingerprint density at radius 2 is 2.15 bits per heavy atom. The molecule has 0 aliphatic rings. The fraction of sp³-hybridized carbons (Fsp3) is 0.400. The van der Waals surface area contributed by atoms with Gasteiger partial charge in [0.1, 0.15) is 5.75 Å². The van der Waals surface area contributed by atoms with Gasteiger partial charge in [-0.25, -0.2) is 0 Å². The van der Waals surface area contributed by atoms with Gasteiger partial charge in [0.05, 0.1) is 18.2 Å². The maximum absolute atomic E-state index is 5.29. The van der Waals surface area contributed by atoms with Gasteiger partial charge in [0, 0.05) is 6.61 Å². The largest absolute Gasteiger partial charge is 0.496 e. The van der Waals surface area contributed by atoms with E-state index in [9.17, 15) is 0 Å². The molecule has 0 fully saturated rings. The van der Waals surface area contributed by atoms with Crippen molar-refractivity contribution in [2.75, 3.05) is 13.7 Å². The molecule has 1 aromatic carbocycles. The molecule has 2 nitrogen and oxygen atoms in total. The normalized spacial score (nSPS) is 10.1. The van der Waals surface area contributed by atoms with Crippen LogP contribution < -0.4 is 4.74 Å². The molecule has 13 heavy (non-hydrogen) atoms. The molecule has 1 aromatic rings. The van der Waals surface area contributed by atoms with E-state index in [4.69, 9.17) is 9.47 Å². The fourth-order valence-electron chi connectivity index (χ4n) is 1.01. The van der Waals surface area contributed by atoms with E-state index in [2.05, 4.69) is 15.9 Å². The molecule has 0 unspecified atom stereocenters. The lowest BCUT2D eigenvalue weighted by atomic mass is 10.2. The molecule has 0 atom stereocenters. The first-order chi connectivity index (χ1) is 6.27. The highest BCUT2D eigenvalue weighted by atomic mass is 79.9. The number of rotatable bonds is 4. The zero-order valence-corrected chi connectivity index (χ0v) is 9.43. The molecule has 0 heterocycles. The second-order valence-corrected chi connectivity index (χ2v) is 3.46. The first kappa shape index (κ1) is 10.5. The fourth-order valence-corrected chi connectivity index (χ4v) is 1.42. The van der Waals surface area contributed by atoms with Gasteiger partial charge >= 0.3 is 0 Å². The molecule has 1 rings (SSSR count). The Morgan fingerprint density at radius 1 is 1.38 bits per heavy atom. The van der Waals surface area contributed by atoms with E-state index in [0.717, 1.165) is 22.4 Å². The van der Waals surface area contributed by atoms with Crippen LogP contribution in [0.3, 0.4) is 0 Å². The van der Waals surface area contributed by atoms with Crippen molar-refractivity contribution in [2.45, 2.75) is 13.5 Å². The Labute approximate surface area is 87.0 Å². The average molecular weight is 245 g/mol. The average Bonchev–Trinajstić information content (AvgIpc) is 2.16. The van der Waals surface area contributed by atoms with Gasteiger partial charge in [0.25, 0.3) is 0 Å².